The fraction of sp³-hybridized carbons (Fsp3) is 0.533. The highest BCUT2D eigenvalue weighted by Crippen LogP contribution is 2.29. The molecule has 98 valence electrons. The fourth-order valence-electron chi connectivity index (χ4n) is 2.59. The molecule has 1 aromatic rings. The molecule has 0 saturated carbocycles. The van der Waals surface area contributed by atoms with E-state index in [1.807, 2.05) is 24.3 Å². The van der Waals surface area contributed by atoms with Crippen molar-refractivity contribution >= 4 is 5.97 Å². The minimum Gasteiger partial charge on any atom is -0.465 e. The third kappa shape index (κ3) is 2.91. The Bertz CT molecular complexity index is 399. The Balaban J connectivity index is 2.07. The second kappa shape index (κ2) is 6.01. The fourth-order valence-corrected chi connectivity index (χ4v) is 2.59. The van der Waals surface area contributed by atoms with Gasteiger partial charge in [-0.15, -0.1) is 0 Å². The van der Waals surface area contributed by atoms with Crippen molar-refractivity contribution in [3.63, 3.8) is 0 Å². The van der Waals surface area contributed by atoms with Gasteiger partial charge < -0.3 is 10.1 Å². The smallest absolute Gasteiger partial charge is 0.337 e. The van der Waals surface area contributed by atoms with E-state index in [0.29, 0.717) is 11.6 Å². The molecule has 2 atom stereocenters. The van der Waals surface area contributed by atoms with E-state index in [0.717, 1.165) is 12.5 Å². The van der Waals surface area contributed by atoms with E-state index >= 15 is 0 Å². The van der Waals surface area contributed by atoms with Crippen LogP contribution < -0.4 is 5.32 Å². The molecule has 1 aliphatic heterocycles. The van der Waals surface area contributed by atoms with Gasteiger partial charge >= 0.3 is 5.97 Å². The van der Waals surface area contributed by atoms with E-state index < -0.39 is 0 Å². The first-order valence-corrected chi connectivity index (χ1v) is 6.66. The van der Waals surface area contributed by atoms with Crippen molar-refractivity contribution in [2.24, 2.45) is 5.92 Å². The highest BCUT2D eigenvalue weighted by molar-refractivity contribution is 5.89. The van der Waals surface area contributed by atoms with E-state index in [2.05, 4.69) is 12.2 Å². The predicted molar refractivity (Wildman–Crippen MR) is 71.5 cm³/mol. The molecule has 0 radical (unpaired) electrons. The molecule has 0 bridgehead atoms. The maximum Gasteiger partial charge on any atom is 0.337 e. The second-order valence-electron chi connectivity index (χ2n) is 4.92. The first-order chi connectivity index (χ1) is 8.74. The summed E-state index contributed by atoms with van der Waals surface area (Å²) in [7, 11) is 1.41. The van der Waals surface area contributed by atoms with E-state index in [4.69, 9.17) is 4.74 Å². The number of methoxy groups -OCH3 is 1. The molecule has 0 aliphatic carbocycles. The lowest BCUT2D eigenvalue weighted by atomic mass is 9.87. The summed E-state index contributed by atoms with van der Waals surface area (Å²) < 4.78 is 4.70. The summed E-state index contributed by atoms with van der Waals surface area (Å²) in [4.78, 5) is 11.4. The Kier molecular flexibility index (Phi) is 4.37. The van der Waals surface area contributed by atoms with Gasteiger partial charge in [0, 0.05) is 6.04 Å². The maximum absolute atomic E-state index is 11.4. The van der Waals surface area contributed by atoms with E-state index in [1.54, 1.807) is 0 Å². The largest absolute Gasteiger partial charge is 0.465 e. The van der Waals surface area contributed by atoms with E-state index in [9.17, 15) is 4.79 Å². The molecule has 18 heavy (non-hydrogen) atoms. The molecule has 0 amide bonds. The Hall–Kier alpha value is -1.35. The number of rotatable bonds is 3. The molecule has 1 N–H and O–H groups in total. The minimum atomic E-state index is -0.274. The molecule has 2 rings (SSSR count). The molecular weight excluding hydrogens is 226 g/mol. The van der Waals surface area contributed by atoms with Crippen molar-refractivity contribution in [1.29, 1.82) is 0 Å². The van der Waals surface area contributed by atoms with Gasteiger partial charge in [0.05, 0.1) is 12.7 Å². The van der Waals surface area contributed by atoms with Crippen LogP contribution in [0.15, 0.2) is 24.3 Å². The molecular formula is C15H21NO2. The van der Waals surface area contributed by atoms with Crippen molar-refractivity contribution in [2.45, 2.75) is 32.2 Å². The Morgan fingerprint density at radius 3 is 2.72 bits per heavy atom. The van der Waals surface area contributed by atoms with Crippen molar-refractivity contribution in [2.75, 3.05) is 13.7 Å². The third-order valence-corrected chi connectivity index (χ3v) is 3.82. The lowest BCUT2D eigenvalue weighted by Crippen LogP contribution is -2.31. The quantitative estimate of drug-likeness (QED) is 0.835. The van der Waals surface area contributed by atoms with Crippen molar-refractivity contribution in [1.82, 2.24) is 5.32 Å². The van der Waals surface area contributed by atoms with Crippen molar-refractivity contribution in [3.8, 4) is 0 Å². The number of piperidine rings is 1. The van der Waals surface area contributed by atoms with Gasteiger partial charge in [0.2, 0.25) is 0 Å². The number of esters is 1. The molecule has 1 saturated heterocycles. The maximum atomic E-state index is 11.4. The van der Waals surface area contributed by atoms with Gasteiger partial charge in [0.25, 0.3) is 0 Å². The number of benzene rings is 1. The summed E-state index contributed by atoms with van der Waals surface area (Å²) in [5.41, 5.74) is 1.88. The number of ether oxygens (including phenoxy) is 1. The monoisotopic (exact) mass is 247 g/mol. The summed E-state index contributed by atoms with van der Waals surface area (Å²) in [6.07, 6.45) is 3.71. The number of carbonyl (C=O) groups excluding carboxylic acids is 1. The summed E-state index contributed by atoms with van der Waals surface area (Å²) in [5.74, 6) is 0.543. The zero-order valence-electron chi connectivity index (χ0n) is 11.1. The standard InChI is InChI=1S/C15H21NO2/c1-3-11-8-9-16-14(10-11)12-4-6-13(7-5-12)15(17)18-2/h4-7,11,14,16H,3,8-10H2,1-2H3/t11-,14-/m1/s1. The van der Waals surface area contributed by atoms with Crippen LogP contribution in [0.5, 0.6) is 0 Å². The van der Waals surface area contributed by atoms with Crippen LogP contribution in [0, 0.1) is 5.92 Å². The Morgan fingerprint density at radius 2 is 2.11 bits per heavy atom. The van der Waals surface area contributed by atoms with Crippen LogP contribution >= 0.6 is 0 Å². The summed E-state index contributed by atoms with van der Waals surface area (Å²) in [5, 5.41) is 3.55. The van der Waals surface area contributed by atoms with Crippen LogP contribution in [0.25, 0.3) is 0 Å². The average molecular weight is 247 g/mol. The van der Waals surface area contributed by atoms with Crippen LogP contribution in [0.1, 0.15) is 48.1 Å². The predicted octanol–water partition coefficient (Wildman–Crippen LogP) is 2.92. The van der Waals surface area contributed by atoms with Crippen LogP contribution in [-0.4, -0.2) is 19.6 Å². The van der Waals surface area contributed by atoms with Gasteiger partial charge in [-0.05, 0) is 43.0 Å². The summed E-state index contributed by atoms with van der Waals surface area (Å²) in [6, 6.07) is 8.18. The van der Waals surface area contributed by atoms with Gasteiger partial charge in [-0.2, -0.15) is 0 Å². The van der Waals surface area contributed by atoms with Crippen LogP contribution in [0.3, 0.4) is 0 Å². The van der Waals surface area contributed by atoms with Gasteiger partial charge in [-0.25, -0.2) is 4.79 Å². The minimum absolute atomic E-state index is 0.274. The second-order valence-corrected chi connectivity index (χ2v) is 4.92. The number of hydrogen-bond donors (Lipinski definition) is 1. The summed E-state index contributed by atoms with van der Waals surface area (Å²) in [6.45, 7) is 3.34. The molecule has 3 nitrogen and oxygen atoms in total. The SMILES string of the molecule is CC[C@@H]1CCN[C@@H](c2ccc(C(=O)OC)cc2)C1. The zero-order valence-corrected chi connectivity index (χ0v) is 11.1. The van der Waals surface area contributed by atoms with Crippen LogP contribution in [-0.2, 0) is 4.74 Å². The van der Waals surface area contributed by atoms with Gasteiger partial charge in [-0.1, -0.05) is 25.5 Å². The molecule has 3 heteroatoms. The third-order valence-electron chi connectivity index (χ3n) is 3.82. The Morgan fingerprint density at radius 1 is 1.39 bits per heavy atom. The number of carbonyl (C=O) groups is 1. The highest BCUT2D eigenvalue weighted by Gasteiger charge is 2.21. The number of nitrogens with one attached hydrogen (secondary N) is 1. The molecule has 1 heterocycles. The lowest BCUT2D eigenvalue weighted by Gasteiger charge is -2.30. The van der Waals surface area contributed by atoms with E-state index in [-0.39, 0.29) is 5.97 Å². The number of hydrogen-bond acceptors (Lipinski definition) is 3. The van der Waals surface area contributed by atoms with E-state index in [1.165, 1.54) is 31.9 Å². The Labute approximate surface area is 109 Å². The lowest BCUT2D eigenvalue weighted by molar-refractivity contribution is 0.0600. The summed E-state index contributed by atoms with van der Waals surface area (Å²) >= 11 is 0. The normalized spacial score (nSPS) is 23.7. The first kappa shape index (κ1) is 13.1. The molecule has 0 unspecified atom stereocenters. The first-order valence-electron chi connectivity index (χ1n) is 6.66. The van der Waals surface area contributed by atoms with Crippen molar-refractivity contribution in [3.05, 3.63) is 35.4 Å². The average Bonchev–Trinajstić information content (AvgIpc) is 2.46. The van der Waals surface area contributed by atoms with Gasteiger partial charge in [0.1, 0.15) is 0 Å². The highest BCUT2D eigenvalue weighted by atomic mass is 16.5. The molecule has 1 aliphatic rings. The topological polar surface area (TPSA) is 38.3 Å². The molecule has 0 spiro atoms. The molecule has 0 aromatic heterocycles. The van der Waals surface area contributed by atoms with Gasteiger partial charge in [0.15, 0.2) is 0 Å². The van der Waals surface area contributed by atoms with Gasteiger partial charge in [-0.3, -0.25) is 0 Å². The zero-order chi connectivity index (χ0) is 13.0. The van der Waals surface area contributed by atoms with Crippen LogP contribution in [0.4, 0.5) is 0 Å². The molecule has 1 fully saturated rings. The van der Waals surface area contributed by atoms with Crippen molar-refractivity contribution < 1.29 is 9.53 Å². The van der Waals surface area contributed by atoms with Crippen LogP contribution in [0.2, 0.25) is 0 Å². The molecule has 1 aromatic carbocycles.